The molecule has 1 saturated carbocycles. The van der Waals surface area contributed by atoms with Gasteiger partial charge in [-0.3, -0.25) is 4.79 Å². The van der Waals surface area contributed by atoms with Crippen LogP contribution in [0.4, 0.5) is 8.78 Å². The molecule has 45 heavy (non-hydrogen) atoms. The summed E-state index contributed by atoms with van der Waals surface area (Å²) in [4.78, 5) is 15.5. The van der Waals surface area contributed by atoms with Gasteiger partial charge < -0.3 is 20.1 Å². The first-order chi connectivity index (χ1) is 21.5. The van der Waals surface area contributed by atoms with E-state index in [2.05, 4.69) is 0 Å². The Bertz CT molecular complexity index is 1630. The van der Waals surface area contributed by atoms with Crippen molar-refractivity contribution in [2.45, 2.75) is 99.4 Å². The zero-order valence-electron chi connectivity index (χ0n) is 25.7. The van der Waals surface area contributed by atoms with Crippen molar-refractivity contribution < 1.29 is 31.5 Å². The Hall–Kier alpha value is -3.28. The summed E-state index contributed by atoms with van der Waals surface area (Å²) >= 11 is 0. The SMILES string of the molecule is CCOc1ccc(C(F)(F)[C@H](C(=O)N2C3CCC2CC(N)C3)N(C)S(=O)(=O)c2ccc3cc(OC4CCCC4)ccc3c2)cc1. The maximum Gasteiger partial charge on any atom is 0.298 e. The Balaban J connectivity index is 1.35. The van der Waals surface area contributed by atoms with Crippen LogP contribution in [-0.4, -0.2) is 67.5 Å². The number of ether oxygens (including phenoxy) is 2. The van der Waals surface area contributed by atoms with Crippen molar-refractivity contribution in [1.29, 1.82) is 0 Å². The molecule has 1 amide bonds. The van der Waals surface area contributed by atoms with Crippen molar-refractivity contribution in [3.8, 4) is 11.5 Å². The van der Waals surface area contributed by atoms with Crippen LogP contribution in [0.5, 0.6) is 11.5 Å². The van der Waals surface area contributed by atoms with Gasteiger partial charge in [-0.1, -0.05) is 12.1 Å². The second-order valence-corrected chi connectivity index (χ2v) is 14.6. The molecule has 3 aliphatic rings. The number of alkyl halides is 2. The number of carbonyl (C=O) groups is 1. The lowest BCUT2D eigenvalue weighted by atomic mass is 9.94. The minimum Gasteiger partial charge on any atom is -0.494 e. The number of rotatable bonds is 10. The number of likely N-dealkylation sites (N-methyl/N-ethyl adjacent to an activating group) is 1. The fourth-order valence-corrected chi connectivity index (χ4v) is 8.64. The molecule has 6 rings (SSSR count). The lowest BCUT2D eigenvalue weighted by Crippen LogP contribution is -2.61. The highest BCUT2D eigenvalue weighted by Gasteiger charge is 2.56. The third kappa shape index (κ3) is 6.14. The van der Waals surface area contributed by atoms with Crippen LogP contribution >= 0.6 is 0 Å². The van der Waals surface area contributed by atoms with Crippen molar-refractivity contribution in [2.24, 2.45) is 5.73 Å². The van der Waals surface area contributed by atoms with Gasteiger partial charge in [0, 0.05) is 30.7 Å². The topological polar surface area (TPSA) is 102 Å². The van der Waals surface area contributed by atoms with E-state index in [0.29, 0.717) is 53.5 Å². The predicted octanol–water partition coefficient (Wildman–Crippen LogP) is 5.82. The summed E-state index contributed by atoms with van der Waals surface area (Å²) in [5, 5.41) is 1.38. The number of hydrogen-bond donors (Lipinski definition) is 1. The highest BCUT2D eigenvalue weighted by molar-refractivity contribution is 7.89. The van der Waals surface area contributed by atoms with Gasteiger partial charge in [-0.25, -0.2) is 8.42 Å². The third-order valence-electron chi connectivity index (χ3n) is 9.58. The summed E-state index contributed by atoms with van der Waals surface area (Å²) in [6.45, 7) is 2.14. The van der Waals surface area contributed by atoms with Crippen molar-refractivity contribution in [3.05, 3.63) is 66.2 Å². The number of fused-ring (bicyclic) bond motifs is 3. The highest BCUT2D eigenvalue weighted by atomic mass is 32.2. The number of sulfonamides is 1. The van der Waals surface area contributed by atoms with Crippen LogP contribution in [0.15, 0.2) is 65.6 Å². The average molecular weight is 642 g/mol. The number of piperidine rings is 1. The van der Waals surface area contributed by atoms with Gasteiger partial charge in [0.25, 0.3) is 5.92 Å². The van der Waals surface area contributed by atoms with E-state index < -0.39 is 33.5 Å². The molecule has 8 nitrogen and oxygen atoms in total. The van der Waals surface area contributed by atoms with E-state index in [0.717, 1.165) is 38.1 Å². The van der Waals surface area contributed by atoms with Gasteiger partial charge in [0.05, 0.1) is 17.6 Å². The third-order valence-corrected chi connectivity index (χ3v) is 11.4. The molecular weight excluding hydrogens is 600 g/mol. The van der Waals surface area contributed by atoms with E-state index in [-0.39, 0.29) is 29.1 Å². The molecule has 2 bridgehead atoms. The Morgan fingerprint density at radius 2 is 1.56 bits per heavy atom. The second kappa shape index (κ2) is 12.5. The van der Waals surface area contributed by atoms with Gasteiger partial charge in [-0.05, 0) is 118 Å². The number of benzene rings is 3. The maximum absolute atomic E-state index is 16.6. The average Bonchev–Trinajstić information content (AvgIpc) is 3.62. The first kappa shape index (κ1) is 31.7. The fourth-order valence-electron chi connectivity index (χ4n) is 7.30. The van der Waals surface area contributed by atoms with E-state index in [1.54, 1.807) is 25.1 Å². The second-order valence-electron chi connectivity index (χ2n) is 12.6. The Kier molecular flexibility index (Phi) is 8.80. The molecule has 2 N–H and O–H groups in total. The lowest BCUT2D eigenvalue weighted by Gasteiger charge is -2.42. The van der Waals surface area contributed by atoms with Crippen LogP contribution < -0.4 is 15.2 Å². The van der Waals surface area contributed by atoms with Crippen LogP contribution in [0, 0.1) is 0 Å². The molecule has 2 saturated heterocycles. The van der Waals surface area contributed by atoms with E-state index in [1.165, 1.54) is 41.3 Å². The molecule has 3 atom stereocenters. The van der Waals surface area contributed by atoms with Gasteiger partial charge in [0.1, 0.15) is 11.5 Å². The summed E-state index contributed by atoms with van der Waals surface area (Å²) in [7, 11) is -3.48. The first-order valence-corrected chi connectivity index (χ1v) is 17.3. The Morgan fingerprint density at radius 3 is 2.20 bits per heavy atom. The molecule has 0 aromatic heterocycles. The maximum atomic E-state index is 16.6. The zero-order chi connectivity index (χ0) is 31.9. The minimum atomic E-state index is -4.55. The largest absolute Gasteiger partial charge is 0.494 e. The molecule has 3 aromatic rings. The van der Waals surface area contributed by atoms with Crippen molar-refractivity contribution in [2.75, 3.05) is 13.7 Å². The number of amides is 1. The van der Waals surface area contributed by atoms with E-state index in [1.807, 2.05) is 6.07 Å². The first-order valence-electron chi connectivity index (χ1n) is 15.9. The van der Waals surface area contributed by atoms with E-state index in [4.69, 9.17) is 15.2 Å². The molecule has 0 radical (unpaired) electrons. The standard InChI is InChI=1S/C34H41F2N3O5S/c1-3-43-28-15-10-24(11-16-28)34(35,36)32(33(40)39-26-12-13-27(39)21-25(37)20-26)38(2)45(41,42)31-17-9-22-18-30(14-8-23(22)19-31)44-29-6-4-5-7-29/h8-11,14-19,25-27,29,32H,3-7,12-13,20-21,37H2,1-2H3/t25?,26?,27?,32-/m0/s1. The normalized spacial score (nSPS) is 23.1. The summed E-state index contributed by atoms with van der Waals surface area (Å²) < 4.78 is 73.5. The number of nitrogens with two attached hydrogens (primary N) is 1. The van der Waals surface area contributed by atoms with Crippen molar-refractivity contribution in [1.82, 2.24) is 9.21 Å². The van der Waals surface area contributed by atoms with Crippen LogP contribution in [-0.2, 0) is 20.7 Å². The molecule has 242 valence electrons. The summed E-state index contributed by atoms with van der Waals surface area (Å²) in [6, 6.07) is 12.1. The molecule has 0 spiro atoms. The van der Waals surface area contributed by atoms with Crippen LogP contribution in [0.3, 0.4) is 0 Å². The quantitative estimate of drug-likeness (QED) is 0.299. The molecule has 3 aromatic carbocycles. The summed E-state index contributed by atoms with van der Waals surface area (Å²) in [6.07, 6.45) is 6.77. The molecule has 3 fully saturated rings. The van der Waals surface area contributed by atoms with Crippen molar-refractivity contribution in [3.63, 3.8) is 0 Å². The van der Waals surface area contributed by atoms with E-state index >= 15 is 8.78 Å². The smallest absolute Gasteiger partial charge is 0.298 e. The van der Waals surface area contributed by atoms with Crippen LogP contribution in [0.2, 0.25) is 0 Å². The predicted molar refractivity (Wildman–Crippen MR) is 168 cm³/mol. The number of halogens is 2. The van der Waals surface area contributed by atoms with Crippen molar-refractivity contribution >= 4 is 26.7 Å². The van der Waals surface area contributed by atoms with Crippen LogP contribution in [0.25, 0.3) is 10.8 Å². The molecule has 2 unspecified atom stereocenters. The van der Waals surface area contributed by atoms with Gasteiger partial charge in [0.15, 0.2) is 6.04 Å². The Morgan fingerprint density at radius 1 is 0.956 bits per heavy atom. The molecule has 1 aliphatic carbocycles. The fraction of sp³-hybridized carbons (Fsp3) is 0.500. The minimum absolute atomic E-state index is 0.125. The number of nitrogens with zero attached hydrogens (tertiary/aromatic N) is 2. The van der Waals surface area contributed by atoms with Gasteiger partial charge in [-0.2, -0.15) is 13.1 Å². The Labute approximate surface area is 263 Å². The van der Waals surface area contributed by atoms with Gasteiger partial charge in [-0.15, -0.1) is 0 Å². The molecule has 11 heteroatoms. The molecule has 2 aliphatic heterocycles. The lowest BCUT2D eigenvalue weighted by molar-refractivity contribution is -0.154. The summed E-state index contributed by atoms with van der Waals surface area (Å²) in [5.74, 6) is -3.66. The van der Waals surface area contributed by atoms with Crippen LogP contribution in [0.1, 0.15) is 63.9 Å². The zero-order valence-corrected chi connectivity index (χ0v) is 26.5. The summed E-state index contributed by atoms with van der Waals surface area (Å²) in [5.41, 5.74) is 5.73. The number of hydrogen-bond acceptors (Lipinski definition) is 6. The van der Waals surface area contributed by atoms with Gasteiger partial charge >= 0.3 is 0 Å². The monoisotopic (exact) mass is 641 g/mol. The molecule has 2 heterocycles. The molecular formula is C34H41F2N3O5S. The highest BCUT2D eigenvalue weighted by Crippen LogP contribution is 2.42. The van der Waals surface area contributed by atoms with Gasteiger partial charge in [0.2, 0.25) is 15.9 Å². The number of carbonyl (C=O) groups excluding carboxylic acids is 1. The van der Waals surface area contributed by atoms with E-state index in [9.17, 15) is 13.2 Å².